The van der Waals surface area contributed by atoms with Crippen molar-refractivity contribution in [2.24, 2.45) is 11.3 Å². The minimum absolute atomic E-state index is 0.151. The lowest BCUT2D eigenvalue weighted by atomic mass is 9.71. The van der Waals surface area contributed by atoms with Crippen molar-refractivity contribution in [3.8, 4) is 11.5 Å². The fourth-order valence-corrected chi connectivity index (χ4v) is 5.55. The maximum Gasteiger partial charge on any atom is 0.263 e. The van der Waals surface area contributed by atoms with Crippen molar-refractivity contribution >= 4 is 33.1 Å². The molecule has 176 valence electrons. The van der Waals surface area contributed by atoms with Crippen LogP contribution in [0.5, 0.6) is 11.5 Å². The van der Waals surface area contributed by atoms with E-state index in [-0.39, 0.29) is 11.3 Å². The molecule has 1 aromatic carbocycles. The molecule has 1 amide bonds. The third-order valence-electron chi connectivity index (χ3n) is 6.66. The van der Waals surface area contributed by atoms with E-state index in [2.05, 4.69) is 32.2 Å². The Morgan fingerprint density at radius 1 is 1.21 bits per heavy atom. The number of carbonyl (C=O) groups is 1. The average molecular weight is 468 g/mol. The number of nitrogens with zero attached hydrogens (tertiary/aromatic N) is 1. The summed E-state index contributed by atoms with van der Waals surface area (Å²) < 4.78 is 10.6. The van der Waals surface area contributed by atoms with Gasteiger partial charge in [-0.1, -0.05) is 26.8 Å². The SMILES string of the molecule is COc1ccc(CCNC(=O)c2sc3nc4c(cc3c2N)C[C@H](C(C)(C)C)CC4)cc1OC. The molecule has 0 saturated heterocycles. The molecular weight excluding hydrogens is 434 g/mol. The second-order valence-electron chi connectivity index (χ2n) is 9.79. The highest BCUT2D eigenvalue weighted by Gasteiger charge is 2.30. The fourth-order valence-electron chi connectivity index (χ4n) is 4.53. The first-order chi connectivity index (χ1) is 15.7. The van der Waals surface area contributed by atoms with Crippen molar-refractivity contribution in [2.75, 3.05) is 26.5 Å². The minimum Gasteiger partial charge on any atom is -0.493 e. The Hall–Kier alpha value is -2.80. The monoisotopic (exact) mass is 467 g/mol. The van der Waals surface area contributed by atoms with Crippen molar-refractivity contribution in [3.05, 3.63) is 46.0 Å². The highest BCUT2D eigenvalue weighted by molar-refractivity contribution is 7.21. The van der Waals surface area contributed by atoms with Gasteiger partial charge in [0.25, 0.3) is 5.91 Å². The summed E-state index contributed by atoms with van der Waals surface area (Å²) >= 11 is 1.38. The van der Waals surface area contributed by atoms with E-state index < -0.39 is 0 Å². The molecular formula is C26H33N3O3S. The molecule has 0 radical (unpaired) electrons. The maximum atomic E-state index is 12.9. The Morgan fingerprint density at radius 2 is 1.97 bits per heavy atom. The third kappa shape index (κ3) is 4.78. The van der Waals surface area contributed by atoms with Gasteiger partial charge >= 0.3 is 0 Å². The number of nitrogens with one attached hydrogen (secondary N) is 1. The lowest BCUT2D eigenvalue weighted by Gasteiger charge is -2.34. The largest absolute Gasteiger partial charge is 0.493 e. The number of aryl methyl sites for hydroxylation is 1. The first kappa shape index (κ1) is 23.4. The van der Waals surface area contributed by atoms with Gasteiger partial charge in [-0.25, -0.2) is 4.98 Å². The Balaban J connectivity index is 1.47. The molecule has 1 aliphatic carbocycles. The number of carbonyl (C=O) groups excluding carboxylic acids is 1. The third-order valence-corrected chi connectivity index (χ3v) is 7.78. The van der Waals surface area contributed by atoms with Crippen molar-refractivity contribution in [2.45, 2.75) is 46.5 Å². The molecule has 2 heterocycles. The summed E-state index contributed by atoms with van der Waals surface area (Å²) in [5, 5.41) is 3.90. The van der Waals surface area contributed by atoms with Gasteiger partial charge in [0.05, 0.1) is 19.9 Å². The molecule has 4 rings (SSSR count). The number of fused-ring (bicyclic) bond motifs is 2. The van der Waals surface area contributed by atoms with E-state index >= 15 is 0 Å². The van der Waals surface area contributed by atoms with E-state index in [1.807, 2.05) is 18.2 Å². The van der Waals surface area contributed by atoms with E-state index in [1.165, 1.54) is 16.9 Å². The van der Waals surface area contributed by atoms with Gasteiger partial charge in [0.2, 0.25) is 0 Å². The van der Waals surface area contributed by atoms with E-state index in [9.17, 15) is 4.79 Å². The van der Waals surface area contributed by atoms with Crippen LogP contribution in [0.25, 0.3) is 10.2 Å². The molecule has 1 atom stereocenters. The molecule has 1 aliphatic rings. The van der Waals surface area contributed by atoms with Crippen LogP contribution in [0.4, 0.5) is 5.69 Å². The number of methoxy groups -OCH3 is 2. The van der Waals surface area contributed by atoms with E-state index in [1.54, 1.807) is 14.2 Å². The standard InChI is InChI=1S/C26H33N3O3S/c1-26(2,3)17-7-8-19-16(13-17)14-18-22(27)23(33-25(18)29-19)24(30)28-11-10-15-6-9-20(31-4)21(12-15)32-5/h6,9,12,14,17H,7-8,10-11,13,27H2,1-5H3,(H,28,30)/t17-/m1/s1. The van der Waals surface area contributed by atoms with Gasteiger partial charge in [0.1, 0.15) is 9.71 Å². The average Bonchev–Trinajstić information content (AvgIpc) is 3.11. The van der Waals surface area contributed by atoms with Crippen LogP contribution in [0.15, 0.2) is 24.3 Å². The number of pyridine rings is 1. The van der Waals surface area contributed by atoms with Crippen molar-refractivity contribution in [1.82, 2.24) is 10.3 Å². The molecule has 2 aromatic heterocycles. The highest BCUT2D eigenvalue weighted by atomic mass is 32.1. The molecule has 0 saturated carbocycles. The topological polar surface area (TPSA) is 86.5 Å². The van der Waals surface area contributed by atoms with Crippen LogP contribution in [0.1, 0.15) is 53.7 Å². The van der Waals surface area contributed by atoms with Gasteiger partial charge in [-0.05, 0) is 66.3 Å². The van der Waals surface area contributed by atoms with Gasteiger partial charge in [-0.15, -0.1) is 11.3 Å². The van der Waals surface area contributed by atoms with Crippen molar-refractivity contribution in [1.29, 1.82) is 0 Å². The lowest BCUT2D eigenvalue weighted by Crippen LogP contribution is -2.27. The van der Waals surface area contributed by atoms with Crippen LogP contribution in [0, 0.1) is 11.3 Å². The van der Waals surface area contributed by atoms with E-state index in [0.29, 0.717) is 40.9 Å². The summed E-state index contributed by atoms with van der Waals surface area (Å²) in [5.74, 6) is 1.84. The number of aromatic nitrogens is 1. The van der Waals surface area contributed by atoms with Gasteiger partial charge in [0.15, 0.2) is 11.5 Å². The van der Waals surface area contributed by atoms with E-state index in [4.69, 9.17) is 20.2 Å². The number of anilines is 1. The number of ether oxygens (including phenoxy) is 2. The predicted molar refractivity (Wildman–Crippen MR) is 135 cm³/mol. The Morgan fingerprint density at radius 3 is 2.67 bits per heavy atom. The first-order valence-electron chi connectivity index (χ1n) is 11.4. The number of amides is 1. The Bertz CT molecular complexity index is 1180. The predicted octanol–water partition coefficient (Wildman–Crippen LogP) is 5.02. The number of hydrogen-bond acceptors (Lipinski definition) is 6. The quantitative estimate of drug-likeness (QED) is 0.532. The first-order valence-corrected chi connectivity index (χ1v) is 12.2. The second kappa shape index (κ2) is 9.21. The molecule has 6 nitrogen and oxygen atoms in total. The molecule has 0 spiro atoms. The smallest absolute Gasteiger partial charge is 0.263 e. The van der Waals surface area contributed by atoms with Gasteiger partial charge in [-0.2, -0.15) is 0 Å². The zero-order chi connectivity index (χ0) is 23.8. The van der Waals surface area contributed by atoms with Crippen LogP contribution in [0.3, 0.4) is 0 Å². The maximum absolute atomic E-state index is 12.9. The summed E-state index contributed by atoms with van der Waals surface area (Å²) in [4.78, 5) is 19.2. The normalized spacial score (nSPS) is 15.8. The number of hydrogen-bond donors (Lipinski definition) is 2. The number of nitrogens with two attached hydrogens (primary N) is 1. The van der Waals surface area contributed by atoms with Crippen molar-refractivity contribution in [3.63, 3.8) is 0 Å². The molecule has 3 N–H and O–H groups in total. The van der Waals surface area contributed by atoms with Gasteiger partial charge in [0, 0.05) is 17.6 Å². The summed E-state index contributed by atoms with van der Waals surface area (Å²) in [6, 6.07) is 7.94. The molecule has 0 unspecified atom stereocenters. The summed E-state index contributed by atoms with van der Waals surface area (Å²) in [6.07, 6.45) is 3.83. The molecule has 0 aliphatic heterocycles. The lowest BCUT2D eigenvalue weighted by molar-refractivity contribution is 0.0959. The number of rotatable bonds is 6. The molecule has 7 heteroatoms. The van der Waals surface area contributed by atoms with E-state index in [0.717, 1.165) is 40.7 Å². The Kier molecular flexibility index (Phi) is 6.52. The molecule has 0 bridgehead atoms. The van der Waals surface area contributed by atoms with Gasteiger partial charge < -0.3 is 20.5 Å². The summed E-state index contributed by atoms with van der Waals surface area (Å²) in [7, 11) is 3.23. The highest BCUT2D eigenvalue weighted by Crippen LogP contribution is 2.40. The number of benzene rings is 1. The minimum atomic E-state index is -0.151. The molecule has 3 aromatic rings. The molecule has 33 heavy (non-hydrogen) atoms. The van der Waals surface area contributed by atoms with Crippen molar-refractivity contribution < 1.29 is 14.3 Å². The van der Waals surface area contributed by atoms with Crippen LogP contribution in [-0.2, 0) is 19.3 Å². The van der Waals surface area contributed by atoms with Crippen LogP contribution in [-0.4, -0.2) is 31.7 Å². The molecule has 0 fully saturated rings. The second-order valence-corrected chi connectivity index (χ2v) is 10.8. The van der Waals surface area contributed by atoms with Crippen LogP contribution in [0.2, 0.25) is 0 Å². The van der Waals surface area contributed by atoms with Gasteiger partial charge in [-0.3, -0.25) is 4.79 Å². The zero-order valence-electron chi connectivity index (χ0n) is 20.1. The zero-order valence-corrected chi connectivity index (χ0v) is 20.9. The fraction of sp³-hybridized carbons (Fsp3) is 0.462. The van der Waals surface area contributed by atoms with Crippen LogP contribution < -0.4 is 20.5 Å². The number of thiophene rings is 1. The summed E-state index contributed by atoms with van der Waals surface area (Å²) in [5.41, 5.74) is 10.7. The Labute approximate surface area is 199 Å². The van der Waals surface area contributed by atoms with Crippen LogP contribution >= 0.6 is 11.3 Å². The number of nitrogen functional groups attached to an aromatic ring is 1. The summed E-state index contributed by atoms with van der Waals surface area (Å²) in [6.45, 7) is 7.41.